The van der Waals surface area contributed by atoms with Crippen LogP contribution in [-0.2, 0) is 46.3 Å². The number of ether oxygens (including phenoxy) is 2. The number of H-pyrrole nitrogens is 5. The fraction of sp³-hybridized carbons (Fsp3) is 0.476. The van der Waals surface area contributed by atoms with Crippen molar-refractivity contribution in [3.63, 3.8) is 0 Å². The quantitative estimate of drug-likeness (QED) is 0.0236. The fourth-order valence-electron chi connectivity index (χ4n) is 25.4. The van der Waals surface area contributed by atoms with Crippen LogP contribution >= 0.6 is 0 Å². The molecule has 43 heteroatoms. The van der Waals surface area contributed by atoms with Gasteiger partial charge in [-0.2, -0.15) is 25.5 Å². The van der Waals surface area contributed by atoms with Gasteiger partial charge in [-0.3, -0.25) is 49.5 Å². The van der Waals surface area contributed by atoms with Gasteiger partial charge in [0.05, 0.1) is 91.0 Å². The molecule has 38 nitrogen and oxygen atoms in total. The van der Waals surface area contributed by atoms with Gasteiger partial charge in [0.15, 0.2) is 104 Å². The van der Waals surface area contributed by atoms with Crippen molar-refractivity contribution in [3.8, 4) is 57.6 Å². The number of aliphatic carboxylic acids is 2. The van der Waals surface area contributed by atoms with E-state index in [0.29, 0.717) is 135 Å². The largest absolute Gasteiger partial charge is 0.481 e. The van der Waals surface area contributed by atoms with E-state index in [1.165, 1.54) is 39.2 Å². The standard InChI is InChI=1S/C23H28FN7O.2C21H22FN5O2.2C20H21FN6O2/c24-18-14-26-23(20-17-8-5-9-25-21(17)30-29-20)28-22(18)27-16-7-4-6-15(12-16)13-19(32)31-10-2-1-3-11-31;2*1-10-6-14-18(26-27-19(14)23-8-10)20-24-9-15(22)16(25-20)7-13-11-2-4-12(5-3-11)17(13)21(28)29;2*1-29-20(28)14-10-4-6-11(7-5-10)15(14)24-18-13(21)9-23-19(25-18)16-12-3-2-8-22-17(12)27-26-16/h5,8-9,14-16H,1-4,6-7,10-13H2,(H,25,29,30)(H,26,27,28);2*6,8-9,11-13,17H,2-5,7H2,1H3,(H,28,29)(H,23,26,27);2*2-3,8-11,14-15H,4-7H2,1H3,(H,22,26,27)(H,23,24,25)/t15-,16+;2*11?,12?,13-,17-;;/m110../s1. The molecule has 15 aromatic rings. The minimum Gasteiger partial charge on any atom is -0.481 e. The zero-order chi connectivity index (χ0) is 102. The maximum absolute atomic E-state index is 14.6. The summed E-state index contributed by atoms with van der Waals surface area (Å²) in [5.41, 5.74) is 8.22. The van der Waals surface area contributed by atoms with Crippen LogP contribution in [0.25, 0.3) is 113 Å². The van der Waals surface area contributed by atoms with Crippen molar-refractivity contribution in [1.29, 1.82) is 0 Å². The number of fused-ring (bicyclic) bond motifs is 17. The predicted octanol–water partition coefficient (Wildman–Crippen LogP) is 16.9. The molecule has 1 amide bonds. The Balaban J connectivity index is 0.000000108. The number of aryl methyl sites for hydroxylation is 2. The summed E-state index contributed by atoms with van der Waals surface area (Å²) in [5.74, 6) is -1.35. The number of aromatic amines is 5. The van der Waals surface area contributed by atoms with Crippen LogP contribution in [-0.4, -0.2) is 216 Å². The van der Waals surface area contributed by atoms with Crippen LogP contribution in [0.2, 0.25) is 0 Å². The first-order valence-electron chi connectivity index (χ1n) is 51.3. The summed E-state index contributed by atoms with van der Waals surface area (Å²) in [6, 6.07) is 14.6. The maximum atomic E-state index is 14.6. The Morgan fingerprint density at radius 1 is 0.372 bits per heavy atom. The van der Waals surface area contributed by atoms with Crippen molar-refractivity contribution in [1.82, 2.24) is 131 Å². The number of amides is 1. The number of carboxylic acid groups (broad SMARTS) is 2. The number of carbonyl (C=O) groups excluding carboxylic acids is 3. The van der Waals surface area contributed by atoms with E-state index in [1.807, 2.05) is 55.1 Å². The third-order valence-electron chi connectivity index (χ3n) is 32.6. The number of aromatic nitrogens is 25. The third kappa shape index (κ3) is 20.5. The van der Waals surface area contributed by atoms with Crippen LogP contribution in [0, 0.1) is 132 Å². The Morgan fingerprint density at radius 3 is 1.07 bits per heavy atom. The SMILES string of the molecule is COC(=O)C1C2CCC(CC2)C1Nc1nc(-c2[nH]nc3ncccc23)ncc1F.COC(=O)C1C2CCC(CC2)C1Nc1nc(-c2[nH]nc3ncccc23)ncc1F.Cc1cnc2n[nH]c(-c3ncc(F)c(C[C@@H]4C5CCC(CC5)[C@H]4C(=O)O)n3)c2c1.Cc1cnc2n[nH]c(-c3ncc(F)c(C[C@H]4C5CCC(CC5)[C@@H]4C(=O)O)n3)c2c1.O=C(C[C@@H]1CCC[C@H](Nc2nc(-c3[nH]nc4ncccc34)ncc2F)C1)N1CCCCC1. The number of methoxy groups -OCH3 is 2. The van der Waals surface area contributed by atoms with Gasteiger partial charge >= 0.3 is 23.9 Å². The highest BCUT2D eigenvalue weighted by Gasteiger charge is 2.53. The number of likely N-dealkylation sites (tertiary alicyclic amines) is 1. The van der Waals surface area contributed by atoms with Crippen LogP contribution < -0.4 is 16.0 Å². The molecule has 10 atom stereocenters. The van der Waals surface area contributed by atoms with Gasteiger partial charge in [-0.15, -0.1) is 0 Å². The Hall–Kier alpha value is -15.1. The molecular weight excluding hydrogens is 1910 g/mol. The van der Waals surface area contributed by atoms with Gasteiger partial charge in [-0.1, -0.05) is 6.42 Å². The van der Waals surface area contributed by atoms with E-state index in [9.17, 15) is 56.1 Å². The van der Waals surface area contributed by atoms with Crippen molar-refractivity contribution in [2.24, 2.45) is 88.8 Å². The lowest BCUT2D eigenvalue weighted by atomic mass is 9.57. The van der Waals surface area contributed by atoms with Crippen LogP contribution in [0.4, 0.5) is 39.4 Å². The molecule has 8 bridgehead atoms. The Labute approximate surface area is 845 Å². The van der Waals surface area contributed by atoms with Crippen LogP contribution in [0.3, 0.4) is 0 Å². The monoisotopic (exact) mass is 2020 g/mol. The first kappa shape index (κ1) is 98.9. The molecule has 29 rings (SSSR count). The highest BCUT2D eigenvalue weighted by atomic mass is 19.1. The van der Waals surface area contributed by atoms with Crippen LogP contribution in [0.5, 0.6) is 0 Å². The second-order valence-electron chi connectivity index (χ2n) is 41.2. The number of carboxylic acids is 2. The van der Waals surface area contributed by atoms with Crippen molar-refractivity contribution in [2.75, 3.05) is 43.3 Å². The molecule has 10 N–H and O–H groups in total. The number of esters is 2. The summed E-state index contributed by atoms with van der Waals surface area (Å²) in [5, 5.41) is 68.5. The van der Waals surface area contributed by atoms with Crippen molar-refractivity contribution in [3.05, 3.63) is 162 Å². The summed E-state index contributed by atoms with van der Waals surface area (Å²) in [6.45, 7) is 5.65. The van der Waals surface area contributed by atoms with E-state index in [1.54, 1.807) is 43.1 Å². The molecule has 4 unspecified atom stereocenters. The zero-order valence-corrected chi connectivity index (χ0v) is 82.1. The van der Waals surface area contributed by atoms with Gasteiger partial charge < -0.3 is 40.5 Å². The van der Waals surface area contributed by atoms with Crippen LogP contribution in [0.1, 0.15) is 177 Å². The van der Waals surface area contributed by atoms with E-state index in [-0.39, 0.29) is 112 Å². The van der Waals surface area contributed by atoms with Crippen molar-refractivity contribution >= 4 is 102 Å². The number of pyridine rings is 5. The molecule has 14 fully saturated rings. The summed E-state index contributed by atoms with van der Waals surface area (Å²) in [7, 11) is 2.81. The zero-order valence-electron chi connectivity index (χ0n) is 82.1. The third-order valence-corrected chi connectivity index (χ3v) is 32.6. The molecule has 1 saturated heterocycles. The second-order valence-corrected chi connectivity index (χ2v) is 41.2. The molecule has 768 valence electrons. The predicted molar refractivity (Wildman–Crippen MR) is 533 cm³/mol. The first-order chi connectivity index (χ1) is 72.0. The Kier molecular flexibility index (Phi) is 28.8. The van der Waals surface area contributed by atoms with E-state index < -0.39 is 52.9 Å². The number of anilines is 3. The lowest BCUT2D eigenvalue weighted by molar-refractivity contribution is -0.153. The van der Waals surface area contributed by atoms with Gasteiger partial charge in [-0.05, 0) is 293 Å². The number of halogens is 5. The molecule has 1 aliphatic heterocycles. The minimum atomic E-state index is -0.764. The highest BCUT2D eigenvalue weighted by molar-refractivity contribution is 5.93. The summed E-state index contributed by atoms with van der Waals surface area (Å²) in [6.07, 6.45) is 38.8. The molecule has 13 saturated carbocycles. The Morgan fingerprint density at radius 2 is 0.703 bits per heavy atom. The Bertz CT molecular complexity index is 7050. The van der Waals surface area contributed by atoms with E-state index in [0.717, 1.165) is 205 Å². The average molecular weight is 2020 g/mol. The smallest absolute Gasteiger partial charge is 0.311 e. The molecule has 15 aromatic heterocycles. The number of hydrogen-bond donors (Lipinski definition) is 10. The van der Waals surface area contributed by atoms with Gasteiger partial charge in [0.1, 0.15) is 28.5 Å². The van der Waals surface area contributed by atoms with E-state index in [2.05, 4.69) is 142 Å². The average Bonchev–Trinajstić information content (AvgIpc) is 1.22. The van der Waals surface area contributed by atoms with Gasteiger partial charge in [0.25, 0.3) is 0 Å². The highest BCUT2D eigenvalue weighted by Crippen LogP contribution is 2.54. The summed E-state index contributed by atoms with van der Waals surface area (Å²) < 4.78 is 83.0. The lowest BCUT2D eigenvalue weighted by Gasteiger charge is -2.47. The van der Waals surface area contributed by atoms with Crippen molar-refractivity contribution < 1.29 is 65.6 Å². The number of nitrogens with zero attached hydrogens (tertiary/aromatic N) is 21. The molecule has 13 aliphatic carbocycles. The summed E-state index contributed by atoms with van der Waals surface area (Å²) >= 11 is 0. The molecule has 148 heavy (non-hydrogen) atoms. The van der Waals surface area contributed by atoms with Gasteiger partial charge in [-0.25, -0.2) is 96.7 Å². The molecule has 0 spiro atoms. The number of carbonyl (C=O) groups is 5. The molecule has 14 aliphatic rings. The first-order valence-corrected chi connectivity index (χ1v) is 51.3. The van der Waals surface area contributed by atoms with E-state index >= 15 is 0 Å². The van der Waals surface area contributed by atoms with E-state index in [4.69, 9.17) is 9.47 Å². The molecule has 0 aromatic carbocycles. The topological polar surface area (TPSA) is 520 Å². The van der Waals surface area contributed by atoms with Gasteiger partial charge in [0, 0.05) is 84.8 Å². The molecule has 0 radical (unpaired) electrons. The van der Waals surface area contributed by atoms with Gasteiger partial charge in [0.2, 0.25) is 5.91 Å². The summed E-state index contributed by atoms with van der Waals surface area (Å²) in [4.78, 5) is 127. The van der Waals surface area contributed by atoms with Crippen LogP contribution in [0.15, 0.2) is 110 Å². The normalized spacial score (nSPS) is 25.0. The second kappa shape index (κ2) is 43.1. The number of hydrogen-bond acceptors (Lipinski definition) is 30. The fourth-order valence-corrected chi connectivity index (χ4v) is 25.4. The lowest BCUT2D eigenvalue weighted by Crippen LogP contribution is -2.52. The van der Waals surface area contributed by atoms with Crippen molar-refractivity contribution in [2.45, 2.75) is 199 Å². The molecule has 16 heterocycles. The minimum absolute atomic E-state index is 0.0836. The maximum Gasteiger partial charge on any atom is 0.311 e. The molecular formula is C105H114F5N29O9. The number of rotatable bonds is 21. The number of piperidine rings is 1. The number of nitrogens with one attached hydrogen (secondary N) is 8.